The van der Waals surface area contributed by atoms with Crippen LogP contribution in [0.25, 0.3) is 0 Å². The summed E-state index contributed by atoms with van der Waals surface area (Å²) in [7, 11) is 6.39. The van der Waals surface area contributed by atoms with Crippen LogP contribution in [0.4, 0.5) is 0 Å². The zero-order valence-electron chi connectivity index (χ0n) is 18.6. The zero-order valence-corrected chi connectivity index (χ0v) is 20.7. The first-order valence-electron chi connectivity index (χ1n) is 9.47. The first kappa shape index (κ1) is 24.1. The summed E-state index contributed by atoms with van der Waals surface area (Å²) in [4.78, 5) is 12.5. The van der Waals surface area contributed by atoms with E-state index in [1.807, 2.05) is 45.0 Å². The predicted molar refractivity (Wildman–Crippen MR) is 124 cm³/mol. The van der Waals surface area contributed by atoms with E-state index in [9.17, 15) is 4.79 Å². The molecule has 0 saturated carbocycles. The van der Waals surface area contributed by atoms with E-state index in [4.69, 9.17) is 23.7 Å². The second-order valence-corrected chi connectivity index (χ2v) is 8.88. The number of halogens is 1. The summed E-state index contributed by atoms with van der Waals surface area (Å²) < 4.78 is 28.3. The van der Waals surface area contributed by atoms with Crippen molar-refractivity contribution in [1.82, 2.24) is 0 Å². The van der Waals surface area contributed by atoms with Gasteiger partial charge in [-0.2, -0.15) is 0 Å². The third-order valence-electron chi connectivity index (χ3n) is 4.39. The molecule has 164 valence electrons. The molecule has 2 aromatic carbocycles. The van der Waals surface area contributed by atoms with Gasteiger partial charge < -0.3 is 23.7 Å². The quantitative estimate of drug-likeness (QED) is 0.363. The Kier molecular flexibility index (Phi) is 8.23. The Morgan fingerprint density at radius 3 is 1.67 bits per heavy atom. The van der Waals surface area contributed by atoms with Crippen molar-refractivity contribution in [3.63, 3.8) is 0 Å². The number of carbonyl (C=O) groups is 1. The minimum atomic E-state index is -0.549. The number of rotatable bonds is 8. The van der Waals surface area contributed by atoms with Gasteiger partial charge in [0, 0.05) is 3.57 Å². The van der Waals surface area contributed by atoms with Crippen LogP contribution in [0.1, 0.15) is 37.5 Å². The summed E-state index contributed by atoms with van der Waals surface area (Å²) in [6.07, 6.45) is 0.716. The third kappa shape index (κ3) is 6.17. The minimum Gasteiger partial charge on any atom is -0.493 e. The summed E-state index contributed by atoms with van der Waals surface area (Å²) in [6.45, 7) is 5.56. The van der Waals surface area contributed by atoms with E-state index in [-0.39, 0.29) is 12.4 Å². The van der Waals surface area contributed by atoms with E-state index in [1.54, 1.807) is 28.4 Å². The van der Waals surface area contributed by atoms with Gasteiger partial charge in [0.2, 0.25) is 0 Å². The molecule has 7 heteroatoms. The van der Waals surface area contributed by atoms with Gasteiger partial charge in [-0.3, -0.25) is 4.79 Å². The lowest BCUT2D eigenvalue weighted by molar-refractivity contribution is -0.153. The first-order chi connectivity index (χ1) is 14.1. The Balaban J connectivity index is 2.48. The number of benzene rings is 2. The van der Waals surface area contributed by atoms with Crippen LogP contribution < -0.4 is 18.9 Å². The maximum Gasteiger partial charge on any atom is 0.310 e. The van der Waals surface area contributed by atoms with Crippen LogP contribution in [-0.4, -0.2) is 40.0 Å². The molecule has 0 N–H and O–H groups in total. The molecule has 0 saturated heterocycles. The molecule has 0 radical (unpaired) electrons. The largest absolute Gasteiger partial charge is 0.493 e. The van der Waals surface area contributed by atoms with Crippen molar-refractivity contribution in [2.75, 3.05) is 28.4 Å². The molecule has 0 aliphatic heterocycles. The molecule has 30 heavy (non-hydrogen) atoms. The Hall–Kier alpha value is -2.16. The van der Waals surface area contributed by atoms with Gasteiger partial charge >= 0.3 is 5.97 Å². The molecule has 0 aliphatic rings. The summed E-state index contributed by atoms with van der Waals surface area (Å²) in [5, 5.41) is 0. The summed E-state index contributed by atoms with van der Waals surface area (Å²) in [5.74, 6) is 2.21. The number of carbonyl (C=O) groups excluding carboxylic acids is 1. The molecule has 2 rings (SSSR count). The van der Waals surface area contributed by atoms with E-state index in [0.717, 1.165) is 20.3 Å². The fourth-order valence-corrected chi connectivity index (χ4v) is 3.69. The zero-order chi connectivity index (χ0) is 22.5. The summed E-state index contributed by atoms with van der Waals surface area (Å²) in [6, 6.07) is 7.63. The first-order valence-corrected chi connectivity index (χ1v) is 10.6. The van der Waals surface area contributed by atoms with Crippen molar-refractivity contribution in [3.8, 4) is 23.0 Å². The van der Waals surface area contributed by atoms with Crippen LogP contribution in [0.5, 0.6) is 23.0 Å². The van der Waals surface area contributed by atoms with Crippen LogP contribution in [-0.2, 0) is 22.4 Å². The Labute approximate surface area is 191 Å². The van der Waals surface area contributed by atoms with Crippen molar-refractivity contribution in [2.24, 2.45) is 0 Å². The number of ether oxygens (including phenoxy) is 5. The smallest absolute Gasteiger partial charge is 0.310 e. The highest BCUT2D eigenvalue weighted by atomic mass is 127. The Morgan fingerprint density at radius 2 is 1.20 bits per heavy atom. The third-order valence-corrected chi connectivity index (χ3v) is 5.40. The maximum atomic E-state index is 12.5. The van der Waals surface area contributed by atoms with E-state index >= 15 is 0 Å². The van der Waals surface area contributed by atoms with E-state index in [1.165, 1.54) is 0 Å². The van der Waals surface area contributed by atoms with Gasteiger partial charge in [0.15, 0.2) is 23.0 Å². The lowest BCUT2D eigenvalue weighted by Crippen LogP contribution is -2.25. The van der Waals surface area contributed by atoms with Crippen molar-refractivity contribution in [1.29, 1.82) is 0 Å². The van der Waals surface area contributed by atoms with E-state index in [0.29, 0.717) is 29.4 Å². The Morgan fingerprint density at radius 1 is 0.767 bits per heavy atom. The number of hydrogen-bond acceptors (Lipinski definition) is 6. The average molecular weight is 528 g/mol. The monoisotopic (exact) mass is 528 g/mol. The second-order valence-electron chi connectivity index (χ2n) is 7.71. The van der Waals surface area contributed by atoms with E-state index < -0.39 is 5.60 Å². The SMILES string of the molecule is COc1cc(I)c(Cc2cc(OC)c(OC)cc2CC(=O)OC(C)(C)C)cc1OC. The number of hydrogen-bond donors (Lipinski definition) is 0. The topological polar surface area (TPSA) is 63.2 Å². The van der Waals surface area contributed by atoms with Crippen LogP contribution >= 0.6 is 22.6 Å². The maximum absolute atomic E-state index is 12.5. The fourth-order valence-electron chi connectivity index (χ4n) is 3.06. The van der Waals surface area contributed by atoms with Gasteiger partial charge in [-0.25, -0.2) is 0 Å². The van der Waals surface area contributed by atoms with Crippen molar-refractivity contribution >= 4 is 28.6 Å². The lowest BCUT2D eigenvalue weighted by Gasteiger charge is -2.21. The van der Waals surface area contributed by atoms with Gasteiger partial charge in [0.1, 0.15) is 5.60 Å². The van der Waals surface area contributed by atoms with Crippen LogP contribution in [0.3, 0.4) is 0 Å². The fraction of sp³-hybridized carbons (Fsp3) is 0.435. The van der Waals surface area contributed by atoms with Gasteiger partial charge in [-0.15, -0.1) is 0 Å². The van der Waals surface area contributed by atoms with Gasteiger partial charge in [-0.05, 0) is 90.7 Å². The molecule has 0 fully saturated rings. The van der Waals surface area contributed by atoms with Crippen LogP contribution in [0.15, 0.2) is 24.3 Å². The molecule has 0 amide bonds. The molecule has 0 atom stereocenters. The van der Waals surface area contributed by atoms with E-state index in [2.05, 4.69) is 22.6 Å². The standard InChI is InChI=1S/C23H29IO6/c1-23(2,3)30-22(25)12-15-10-19(27-5)18(26-4)9-14(15)8-16-11-20(28-6)21(29-7)13-17(16)24/h9-11,13H,8,12H2,1-7H3. The number of esters is 1. The van der Waals surface area contributed by atoms with Gasteiger partial charge in [0.05, 0.1) is 34.9 Å². The van der Waals surface area contributed by atoms with Gasteiger partial charge in [0.25, 0.3) is 0 Å². The normalized spacial score (nSPS) is 11.1. The van der Waals surface area contributed by atoms with Crippen LogP contribution in [0, 0.1) is 3.57 Å². The Bertz CT molecular complexity index is 902. The highest BCUT2D eigenvalue weighted by Gasteiger charge is 2.20. The van der Waals surface area contributed by atoms with Crippen molar-refractivity contribution in [3.05, 3.63) is 44.5 Å². The average Bonchev–Trinajstić information content (AvgIpc) is 2.68. The molecule has 0 heterocycles. The van der Waals surface area contributed by atoms with Crippen molar-refractivity contribution in [2.45, 2.75) is 39.2 Å². The molecule has 0 unspecified atom stereocenters. The highest BCUT2D eigenvalue weighted by Crippen LogP contribution is 2.36. The molecule has 0 aromatic heterocycles. The summed E-state index contributed by atoms with van der Waals surface area (Å²) in [5.41, 5.74) is 2.27. The molecule has 0 bridgehead atoms. The molecule has 0 spiro atoms. The lowest BCUT2D eigenvalue weighted by atomic mass is 9.96. The van der Waals surface area contributed by atoms with Gasteiger partial charge in [-0.1, -0.05) is 0 Å². The molecular formula is C23H29IO6. The molecular weight excluding hydrogens is 499 g/mol. The minimum absolute atomic E-state index is 0.136. The second kappa shape index (κ2) is 10.2. The molecule has 0 aliphatic carbocycles. The number of methoxy groups -OCH3 is 4. The molecule has 6 nitrogen and oxygen atoms in total. The molecule has 2 aromatic rings. The summed E-state index contributed by atoms with van der Waals surface area (Å²) >= 11 is 2.27. The van der Waals surface area contributed by atoms with Crippen LogP contribution in [0.2, 0.25) is 0 Å². The predicted octanol–water partition coefficient (Wildman–Crippen LogP) is 4.80. The van der Waals surface area contributed by atoms with Crippen molar-refractivity contribution < 1.29 is 28.5 Å². The highest BCUT2D eigenvalue weighted by molar-refractivity contribution is 14.1.